The molecule has 0 aliphatic rings. The fraction of sp³-hybridized carbons (Fsp3) is 0.0714. The van der Waals surface area contributed by atoms with Crippen LogP contribution in [0, 0.1) is 0 Å². The third-order valence-electron chi connectivity index (χ3n) is 2.48. The smallest absolute Gasteiger partial charge is 0.335 e. The molecule has 0 fully saturated rings. The predicted molar refractivity (Wildman–Crippen MR) is 79.4 cm³/mol. The Morgan fingerprint density at radius 3 is 2.37 bits per heavy atom. The number of carboxylic acid groups (broad SMARTS) is 1. The number of carbonyl (C=O) groups is 1. The molecule has 0 spiro atoms. The number of rotatable bonds is 4. The molecule has 2 aromatic carbocycles. The molecule has 1 N–H and O–H groups in total. The van der Waals surface area contributed by atoms with Gasteiger partial charge in [-0.15, -0.1) is 11.8 Å². The summed E-state index contributed by atoms with van der Waals surface area (Å²) in [5.41, 5.74) is 1.20. The highest BCUT2D eigenvalue weighted by molar-refractivity contribution is 7.98. The fourth-order valence-electron chi connectivity index (χ4n) is 1.57. The van der Waals surface area contributed by atoms with Crippen LogP contribution >= 0.6 is 35.0 Å². The summed E-state index contributed by atoms with van der Waals surface area (Å²) in [7, 11) is 0. The quantitative estimate of drug-likeness (QED) is 0.809. The van der Waals surface area contributed by atoms with Crippen molar-refractivity contribution in [3.05, 3.63) is 63.6 Å². The van der Waals surface area contributed by atoms with Crippen LogP contribution < -0.4 is 0 Å². The molecule has 2 nitrogen and oxygen atoms in total. The van der Waals surface area contributed by atoms with Gasteiger partial charge in [-0.3, -0.25) is 0 Å². The van der Waals surface area contributed by atoms with E-state index >= 15 is 0 Å². The molecule has 0 saturated heterocycles. The normalized spacial score (nSPS) is 10.4. The van der Waals surface area contributed by atoms with Gasteiger partial charge < -0.3 is 5.11 Å². The lowest BCUT2D eigenvalue weighted by atomic mass is 10.1. The molecule has 0 aromatic heterocycles. The average molecular weight is 313 g/mol. The zero-order chi connectivity index (χ0) is 13.8. The lowest BCUT2D eigenvalue weighted by molar-refractivity contribution is 0.0697. The summed E-state index contributed by atoms with van der Waals surface area (Å²) < 4.78 is 0. The van der Waals surface area contributed by atoms with E-state index in [9.17, 15) is 4.79 Å². The number of hydrogen-bond donors (Lipinski definition) is 1. The second-order valence-electron chi connectivity index (χ2n) is 3.84. The maximum absolute atomic E-state index is 10.9. The van der Waals surface area contributed by atoms with E-state index in [0.717, 1.165) is 10.5 Å². The van der Waals surface area contributed by atoms with Crippen LogP contribution in [0.25, 0.3) is 0 Å². The summed E-state index contributed by atoms with van der Waals surface area (Å²) in [5, 5.41) is 10.1. The van der Waals surface area contributed by atoms with E-state index in [-0.39, 0.29) is 5.56 Å². The highest BCUT2D eigenvalue weighted by atomic mass is 35.5. The summed E-state index contributed by atoms with van der Waals surface area (Å²) in [6, 6.07) is 12.2. The highest BCUT2D eigenvalue weighted by Gasteiger charge is 2.08. The van der Waals surface area contributed by atoms with Crippen molar-refractivity contribution < 1.29 is 9.90 Å². The van der Waals surface area contributed by atoms with Crippen molar-refractivity contribution in [1.82, 2.24) is 0 Å². The molecule has 0 aliphatic carbocycles. The second kappa shape index (κ2) is 6.33. The molecule has 98 valence electrons. The van der Waals surface area contributed by atoms with Gasteiger partial charge >= 0.3 is 5.97 Å². The predicted octanol–water partition coefficient (Wildman–Crippen LogP) is 4.98. The van der Waals surface area contributed by atoms with E-state index in [1.807, 2.05) is 6.07 Å². The highest BCUT2D eigenvalue weighted by Crippen LogP contribution is 2.35. The van der Waals surface area contributed by atoms with Gasteiger partial charge in [0.2, 0.25) is 0 Å². The number of thioether (sulfide) groups is 1. The third kappa shape index (κ3) is 3.66. The lowest BCUT2D eigenvalue weighted by Gasteiger charge is -2.07. The van der Waals surface area contributed by atoms with Gasteiger partial charge in [-0.05, 0) is 29.8 Å². The van der Waals surface area contributed by atoms with Crippen LogP contribution in [0.3, 0.4) is 0 Å². The Labute approximate surface area is 125 Å². The minimum atomic E-state index is -0.928. The van der Waals surface area contributed by atoms with Gasteiger partial charge in [-0.2, -0.15) is 0 Å². The van der Waals surface area contributed by atoms with Gasteiger partial charge in [0.25, 0.3) is 0 Å². The first kappa shape index (κ1) is 14.3. The zero-order valence-corrected chi connectivity index (χ0v) is 12.1. The van der Waals surface area contributed by atoms with Crippen LogP contribution in [-0.4, -0.2) is 11.1 Å². The second-order valence-corrected chi connectivity index (χ2v) is 5.64. The Hall–Kier alpha value is -1.16. The van der Waals surface area contributed by atoms with Gasteiger partial charge in [-0.1, -0.05) is 41.4 Å². The largest absolute Gasteiger partial charge is 0.478 e. The molecule has 0 bridgehead atoms. The Morgan fingerprint density at radius 1 is 1.11 bits per heavy atom. The average Bonchev–Trinajstić information content (AvgIpc) is 2.38. The topological polar surface area (TPSA) is 37.3 Å². The van der Waals surface area contributed by atoms with Crippen LogP contribution in [0.4, 0.5) is 0 Å². The summed E-state index contributed by atoms with van der Waals surface area (Å²) in [4.78, 5) is 11.7. The fourth-order valence-corrected chi connectivity index (χ4v) is 3.20. The van der Waals surface area contributed by atoms with Crippen LogP contribution in [0.2, 0.25) is 10.0 Å². The van der Waals surface area contributed by atoms with Crippen LogP contribution in [0.15, 0.2) is 47.4 Å². The van der Waals surface area contributed by atoms with Gasteiger partial charge in [0.15, 0.2) is 0 Å². The SMILES string of the molecule is O=C(O)c1cccc(CSc2c(Cl)cccc2Cl)c1. The van der Waals surface area contributed by atoms with Crippen molar-refractivity contribution in [2.75, 3.05) is 0 Å². The molecule has 5 heteroatoms. The number of aromatic carboxylic acids is 1. The monoisotopic (exact) mass is 312 g/mol. The molecule has 0 amide bonds. The van der Waals surface area contributed by atoms with Gasteiger partial charge in [0, 0.05) is 10.6 Å². The standard InChI is InChI=1S/C14H10Cl2O2S/c15-11-5-2-6-12(16)13(11)19-8-9-3-1-4-10(7-9)14(17)18/h1-7H,8H2,(H,17,18). The molecule has 0 radical (unpaired) electrons. The summed E-state index contributed by atoms with van der Waals surface area (Å²) in [5.74, 6) is -0.312. The van der Waals surface area contributed by atoms with Crippen molar-refractivity contribution in [1.29, 1.82) is 0 Å². The summed E-state index contributed by atoms with van der Waals surface area (Å²) in [6.07, 6.45) is 0. The maximum atomic E-state index is 10.9. The molecule has 2 rings (SSSR count). The van der Waals surface area contributed by atoms with Gasteiger partial charge in [0.05, 0.1) is 15.6 Å². The molecule has 2 aromatic rings. The zero-order valence-electron chi connectivity index (χ0n) is 9.77. The van der Waals surface area contributed by atoms with E-state index in [4.69, 9.17) is 28.3 Å². The van der Waals surface area contributed by atoms with Crippen LogP contribution in [-0.2, 0) is 5.75 Å². The Kier molecular flexibility index (Phi) is 4.75. The third-order valence-corrected chi connectivity index (χ3v) is 4.54. The molecular formula is C14H10Cl2O2S. The molecule has 0 saturated carbocycles. The van der Waals surface area contributed by atoms with Crippen molar-refractivity contribution in [2.24, 2.45) is 0 Å². The number of halogens is 2. The molecule has 19 heavy (non-hydrogen) atoms. The minimum absolute atomic E-state index is 0.281. The first-order chi connectivity index (χ1) is 9.08. The van der Waals surface area contributed by atoms with Gasteiger partial charge in [0.1, 0.15) is 0 Å². The van der Waals surface area contributed by atoms with Crippen molar-refractivity contribution in [3.63, 3.8) is 0 Å². The Balaban J connectivity index is 2.15. The summed E-state index contributed by atoms with van der Waals surface area (Å²) >= 11 is 13.6. The molecule has 0 aliphatic heterocycles. The number of benzene rings is 2. The van der Waals surface area contributed by atoms with E-state index in [2.05, 4.69) is 0 Å². The Bertz CT molecular complexity index is 594. The van der Waals surface area contributed by atoms with Crippen LogP contribution in [0.1, 0.15) is 15.9 Å². The van der Waals surface area contributed by atoms with Gasteiger partial charge in [-0.25, -0.2) is 4.79 Å². The van der Waals surface area contributed by atoms with Crippen molar-refractivity contribution in [3.8, 4) is 0 Å². The van der Waals surface area contributed by atoms with Crippen molar-refractivity contribution >= 4 is 40.9 Å². The first-order valence-corrected chi connectivity index (χ1v) is 7.21. The number of carboxylic acids is 1. The molecule has 0 atom stereocenters. The minimum Gasteiger partial charge on any atom is -0.478 e. The molecule has 0 unspecified atom stereocenters. The van der Waals surface area contributed by atoms with Crippen LogP contribution in [0.5, 0.6) is 0 Å². The van der Waals surface area contributed by atoms with E-state index in [1.165, 1.54) is 11.8 Å². The maximum Gasteiger partial charge on any atom is 0.335 e. The van der Waals surface area contributed by atoms with Crippen molar-refractivity contribution in [2.45, 2.75) is 10.6 Å². The first-order valence-electron chi connectivity index (χ1n) is 5.47. The number of hydrogen-bond acceptors (Lipinski definition) is 2. The van der Waals surface area contributed by atoms with E-state index < -0.39 is 5.97 Å². The van der Waals surface area contributed by atoms with E-state index in [0.29, 0.717) is 15.8 Å². The summed E-state index contributed by atoms with van der Waals surface area (Å²) in [6.45, 7) is 0. The molecule has 0 heterocycles. The van der Waals surface area contributed by atoms with E-state index in [1.54, 1.807) is 36.4 Å². The lowest BCUT2D eigenvalue weighted by Crippen LogP contribution is -1.96. The molecular weight excluding hydrogens is 303 g/mol. The Morgan fingerprint density at radius 2 is 1.74 bits per heavy atom.